The lowest BCUT2D eigenvalue weighted by atomic mass is 9.94. The first kappa shape index (κ1) is 14.0. The van der Waals surface area contributed by atoms with Gasteiger partial charge in [-0.15, -0.1) is 0 Å². The Morgan fingerprint density at radius 2 is 1.94 bits per heavy atom. The van der Waals surface area contributed by atoms with Gasteiger partial charge in [-0.2, -0.15) is 0 Å². The predicted octanol–water partition coefficient (Wildman–Crippen LogP) is 4.43. The van der Waals surface area contributed by atoms with E-state index in [4.69, 9.17) is 0 Å². The molecule has 1 saturated heterocycles. The maximum atomic E-state index is 2.76. The highest BCUT2D eigenvalue weighted by Crippen LogP contribution is 2.23. The second-order valence-corrected chi connectivity index (χ2v) is 5.66. The fourth-order valence-corrected chi connectivity index (χ4v) is 2.80. The molecule has 1 heteroatoms. The molecule has 1 radical (unpaired) electrons. The smallest absolute Gasteiger partial charge is 0.0100 e. The van der Waals surface area contributed by atoms with E-state index in [1.54, 1.807) is 5.92 Å². The van der Waals surface area contributed by atoms with E-state index in [0.29, 0.717) is 0 Å². The van der Waals surface area contributed by atoms with Crippen LogP contribution < -0.4 is 0 Å². The van der Waals surface area contributed by atoms with E-state index in [1.165, 1.54) is 64.5 Å². The monoisotopic (exact) mass is 224 g/mol. The van der Waals surface area contributed by atoms with Gasteiger partial charge in [-0.1, -0.05) is 46.5 Å². The van der Waals surface area contributed by atoms with Gasteiger partial charge in [-0.3, -0.25) is 0 Å². The topological polar surface area (TPSA) is 3.24 Å². The van der Waals surface area contributed by atoms with E-state index in [9.17, 15) is 0 Å². The Morgan fingerprint density at radius 3 is 2.62 bits per heavy atom. The van der Waals surface area contributed by atoms with Gasteiger partial charge in [0.05, 0.1) is 0 Å². The zero-order valence-electron chi connectivity index (χ0n) is 11.6. The van der Waals surface area contributed by atoms with Gasteiger partial charge in [-0.25, -0.2) is 0 Å². The SMILES string of the molecule is CCCCCCN1CCCCC1C[C](C)C. The summed E-state index contributed by atoms with van der Waals surface area (Å²) in [7, 11) is 0. The number of rotatable bonds is 7. The fourth-order valence-electron chi connectivity index (χ4n) is 2.80. The number of likely N-dealkylation sites (tertiary alicyclic amines) is 1. The predicted molar refractivity (Wildman–Crippen MR) is 72.6 cm³/mol. The molecule has 1 rings (SSSR count). The summed E-state index contributed by atoms with van der Waals surface area (Å²) in [4.78, 5) is 2.76. The molecule has 0 spiro atoms. The Hall–Kier alpha value is -0.0400. The number of hydrogen-bond acceptors (Lipinski definition) is 1. The lowest BCUT2D eigenvalue weighted by Crippen LogP contribution is -2.40. The molecular formula is C15H30N. The molecule has 0 aromatic carbocycles. The van der Waals surface area contributed by atoms with Gasteiger partial charge < -0.3 is 4.90 Å². The minimum absolute atomic E-state index is 0.861. The van der Waals surface area contributed by atoms with Crippen molar-refractivity contribution in [2.45, 2.75) is 78.2 Å². The lowest BCUT2D eigenvalue weighted by molar-refractivity contribution is 0.140. The number of unbranched alkanes of at least 4 members (excludes halogenated alkanes) is 3. The van der Waals surface area contributed by atoms with Gasteiger partial charge in [0.1, 0.15) is 0 Å². The summed E-state index contributed by atoms with van der Waals surface area (Å²) in [6.07, 6.45) is 11.2. The molecular weight excluding hydrogens is 194 g/mol. The van der Waals surface area contributed by atoms with Crippen LogP contribution in [-0.4, -0.2) is 24.0 Å². The van der Waals surface area contributed by atoms with Crippen molar-refractivity contribution in [1.29, 1.82) is 0 Å². The van der Waals surface area contributed by atoms with E-state index in [0.717, 1.165) is 6.04 Å². The highest BCUT2D eigenvalue weighted by molar-refractivity contribution is 4.87. The molecule has 0 aliphatic carbocycles. The largest absolute Gasteiger partial charge is 0.300 e. The van der Waals surface area contributed by atoms with Crippen LogP contribution in [0.5, 0.6) is 0 Å². The highest BCUT2D eigenvalue weighted by Gasteiger charge is 2.22. The van der Waals surface area contributed by atoms with Crippen LogP contribution in [0, 0.1) is 5.92 Å². The molecule has 1 nitrogen and oxygen atoms in total. The van der Waals surface area contributed by atoms with Crippen LogP contribution in [-0.2, 0) is 0 Å². The molecule has 0 aromatic rings. The summed E-state index contributed by atoms with van der Waals surface area (Å²) in [6.45, 7) is 9.55. The van der Waals surface area contributed by atoms with E-state index >= 15 is 0 Å². The second-order valence-electron chi connectivity index (χ2n) is 5.66. The summed E-state index contributed by atoms with van der Waals surface area (Å²) in [6, 6.07) is 0.861. The first-order valence-electron chi connectivity index (χ1n) is 7.27. The van der Waals surface area contributed by atoms with Crippen molar-refractivity contribution in [3.05, 3.63) is 5.92 Å². The third kappa shape index (κ3) is 5.34. The average molecular weight is 224 g/mol. The van der Waals surface area contributed by atoms with Gasteiger partial charge >= 0.3 is 0 Å². The fraction of sp³-hybridized carbons (Fsp3) is 0.933. The van der Waals surface area contributed by atoms with Crippen LogP contribution in [0.25, 0.3) is 0 Å². The second kappa shape index (κ2) is 8.11. The summed E-state index contributed by atoms with van der Waals surface area (Å²) in [5.41, 5.74) is 0. The minimum Gasteiger partial charge on any atom is -0.300 e. The maximum absolute atomic E-state index is 2.76. The van der Waals surface area contributed by atoms with Gasteiger partial charge in [0.25, 0.3) is 0 Å². The van der Waals surface area contributed by atoms with Crippen molar-refractivity contribution >= 4 is 0 Å². The van der Waals surface area contributed by atoms with E-state index in [1.807, 2.05) is 0 Å². The summed E-state index contributed by atoms with van der Waals surface area (Å²) >= 11 is 0. The molecule has 0 saturated carbocycles. The first-order chi connectivity index (χ1) is 7.74. The molecule has 1 aliphatic rings. The van der Waals surface area contributed by atoms with Crippen LogP contribution in [0.15, 0.2) is 0 Å². The Labute approximate surface area is 103 Å². The number of hydrogen-bond donors (Lipinski definition) is 0. The molecule has 0 aromatic heterocycles. The molecule has 1 unspecified atom stereocenters. The molecule has 1 atom stereocenters. The average Bonchev–Trinajstić information content (AvgIpc) is 2.26. The molecule has 95 valence electrons. The van der Waals surface area contributed by atoms with Gasteiger partial charge in [0.15, 0.2) is 0 Å². The normalized spacial score (nSPS) is 22.9. The number of nitrogens with zero attached hydrogens (tertiary/aromatic N) is 1. The van der Waals surface area contributed by atoms with E-state index in [2.05, 4.69) is 25.7 Å². The molecule has 0 amide bonds. The Bertz CT molecular complexity index is 165. The van der Waals surface area contributed by atoms with Gasteiger partial charge in [0.2, 0.25) is 0 Å². The molecule has 1 fully saturated rings. The molecule has 1 heterocycles. The van der Waals surface area contributed by atoms with E-state index < -0.39 is 0 Å². The van der Waals surface area contributed by atoms with Crippen molar-refractivity contribution in [3.8, 4) is 0 Å². The quantitative estimate of drug-likeness (QED) is 0.578. The molecule has 16 heavy (non-hydrogen) atoms. The zero-order chi connectivity index (χ0) is 11.8. The number of piperidine rings is 1. The van der Waals surface area contributed by atoms with Crippen LogP contribution >= 0.6 is 0 Å². The summed E-state index contributed by atoms with van der Waals surface area (Å²) in [5, 5.41) is 0. The third-order valence-electron chi connectivity index (χ3n) is 3.69. The van der Waals surface area contributed by atoms with Crippen LogP contribution in [0.2, 0.25) is 0 Å². The van der Waals surface area contributed by atoms with Crippen molar-refractivity contribution in [1.82, 2.24) is 4.90 Å². The van der Waals surface area contributed by atoms with Crippen molar-refractivity contribution < 1.29 is 0 Å². The maximum Gasteiger partial charge on any atom is 0.0100 e. The first-order valence-corrected chi connectivity index (χ1v) is 7.27. The van der Waals surface area contributed by atoms with Crippen LogP contribution in [0.3, 0.4) is 0 Å². The van der Waals surface area contributed by atoms with Gasteiger partial charge in [0, 0.05) is 6.04 Å². The molecule has 1 aliphatic heterocycles. The Morgan fingerprint density at radius 1 is 1.12 bits per heavy atom. The minimum atomic E-state index is 0.861. The molecule has 0 N–H and O–H groups in total. The van der Waals surface area contributed by atoms with Crippen molar-refractivity contribution in [2.75, 3.05) is 13.1 Å². The molecule has 0 bridgehead atoms. The highest BCUT2D eigenvalue weighted by atomic mass is 15.2. The summed E-state index contributed by atoms with van der Waals surface area (Å²) in [5.74, 6) is 1.60. The van der Waals surface area contributed by atoms with Crippen molar-refractivity contribution in [2.24, 2.45) is 0 Å². The van der Waals surface area contributed by atoms with E-state index in [-0.39, 0.29) is 0 Å². The van der Waals surface area contributed by atoms with Crippen molar-refractivity contribution in [3.63, 3.8) is 0 Å². The third-order valence-corrected chi connectivity index (χ3v) is 3.69. The standard InChI is InChI=1S/C15H30N/c1-4-5-6-8-11-16-12-9-7-10-15(16)13-14(2)3/h15H,4-13H2,1-3H3. The van der Waals surface area contributed by atoms with Gasteiger partial charge in [-0.05, 0) is 44.7 Å². The zero-order valence-corrected chi connectivity index (χ0v) is 11.6. The van der Waals surface area contributed by atoms with Crippen LogP contribution in [0.1, 0.15) is 72.1 Å². The summed E-state index contributed by atoms with van der Waals surface area (Å²) < 4.78 is 0. The Balaban J connectivity index is 2.23. The Kier molecular flexibility index (Phi) is 7.11. The van der Waals surface area contributed by atoms with Crippen LogP contribution in [0.4, 0.5) is 0 Å². The lowest BCUT2D eigenvalue weighted by Gasteiger charge is -2.36.